The van der Waals surface area contributed by atoms with E-state index in [4.69, 9.17) is 4.98 Å². The van der Waals surface area contributed by atoms with E-state index in [1.54, 1.807) is 6.92 Å². The standard InChI is InChI=1S/C18H20N4O/c1-12-4-5-15-10-16(11-19)18(20-17(15)13(12)2)22-8-6-21(7-9-22)14(3)23/h4-5,10H,6-9H2,1-3H3. The number of pyridine rings is 1. The summed E-state index contributed by atoms with van der Waals surface area (Å²) in [5.74, 6) is 0.833. The Balaban J connectivity index is 2.02. The van der Waals surface area contributed by atoms with Crippen molar-refractivity contribution in [3.05, 3.63) is 34.9 Å². The third-order valence-electron chi connectivity index (χ3n) is 4.64. The van der Waals surface area contributed by atoms with Gasteiger partial charge in [-0.3, -0.25) is 4.79 Å². The van der Waals surface area contributed by atoms with E-state index in [-0.39, 0.29) is 5.91 Å². The van der Waals surface area contributed by atoms with Crippen LogP contribution < -0.4 is 4.90 Å². The Hall–Kier alpha value is -2.61. The first-order valence-corrected chi connectivity index (χ1v) is 7.83. The van der Waals surface area contributed by atoms with E-state index < -0.39 is 0 Å². The predicted molar refractivity (Wildman–Crippen MR) is 90.4 cm³/mol. The third kappa shape index (κ3) is 2.72. The van der Waals surface area contributed by atoms with Crippen molar-refractivity contribution in [2.75, 3.05) is 31.1 Å². The van der Waals surface area contributed by atoms with Crippen LogP contribution in [0.1, 0.15) is 23.6 Å². The molecule has 0 spiro atoms. The van der Waals surface area contributed by atoms with Gasteiger partial charge in [-0.2, -0.15) is 5.26 Å². The molecule has 2 heterocycles. The Bertz CT molecular complexity index is 814. The van der Waals surface area contributed by atoms with Crippen LogP contribution in [0, 0.1) is 25.2 Å². The van der Waals surface area contributed by atoms with Crippen LogP contribution in [0.3, 0.4) is 0 Å². The average molecular weight is 308 g/mol. The van der Waals surface area contributed by atoms with Gasteiger partial charge in [0.15, 0.2) is 0 Å². The molecule has 5 nitrogen and oxygen atoms in total. The molecule has 23 heavy (non-hydrogen) atoms. The van der Waals surface area contributed by atoms with Crippen molar-refractivity contribution in [1.29, 1.82) is 5.26 Å². The quantitative estimate of drug-likeness (QED) is 0.811. The highest BCUT2D eigenvalue weighted by atomic mass is 16.2. The number of amides is 1. The summed E-state index contributed by atoms with van der Waals surface area (Å²) in [7, 11) is 0. The number of hydrogen-bond acceptors (Lipinski definition) is 4. The number of nitrogens with zero attached hydrogens (tertiary/aromatic N) is 4. The molecule has 2 aromatic rings. The van der Waals surface area contributed by atoms with E-state index in [0.29, 0.717) is 31.7 Å². The molecule has 1 saturated heterocycles. The molecule has 0 atom stereocenters. The van der Waals surface area contributed by atoms with Crippen molar-refractivity contribution >= 4 is 22.6 Å². The second kappa shape index (κ2) is 5.88. The number of rotatable bonds is 1. The van der Waals surface area contributed by atoms with E-state index in [0.717, 1.165) is 22.3 Å². The van der Waals surface area contributed by atoms with Crippen molar-refractivity contribution in [2.45, 2.75) is 20.8 Å². The van der Waals surface area contributed by atoms with Gasteiger partial charge in [0.05, 0.1) is 11.1 Å². The zero-order valence-electron chi connectivity index (χ0n) is 13.8. The maximum atomic E-state index is 11.5. The summed E-state index contributed by atoms with van der Waals surface area (Å²) in [6.07, 6.45) is 0. The minimum absolute atomic E-state index is 0.100. The molecule has 1 amide bonds. The van der Waals surface area contributed by atoms with Gasteiger partial charge in [-0.1, -0.05) is 12.1 Å². The van der Waals surface area contributed by atoms with E-state index in [1.165, 1.54) is 5.56 Å². The maximum Gasteiger partial charge on any atom is 0.219 e. The van der Waals surface area contributed by atoms with Crippen molar-refractivity contribution in [3.8, 4) is 6.07 Å². The summed E-state index contributed by atoms with van der Waals surface area (Å²) >= 11 is 0. The number of fused-ring (bicyclic) bond motifs is 1. The van der Waals surface area contributed by atoms with Gasteiger partial charge in [-0.25, -0.2) is 4.98 Å². The van der Waals surface area contributed by atoms with Crippen LogP contribution in [-0.4, -0.2) is 42.0 Å². The Morgan fingerprint density at radius 1 is 1.22 bits per heavy atom. The van der Waals surface area contributed by atoms with Gasteiger partial charge in [0, 0.05) is 38.5 Å². The molecule has 1 aromatic heterocycles. The van der Waals surface area contributed by atoms with Gasteiger partial charge in [-0.15, -0.1) is 0 Å². The lowest BCUT2D eigenvalue weighted by Crippen LogP contribution is -2.48. The van der Waals surface area contributed by atoms with Crippen LogP contribution in [0.15, 0.2) is 18.2 Å². The minimum Gasteiger partial charge on any atom is -0.352 e. The number of piperazine rings is 1. The van der Waals surface area contributed by atoms with Crippen LogP contribution in [0.25, 0.3) is 10.9 Å². The third-order valence-corrected chi connectivity index (χ3v) is 4.64. The Labute approximate surface area is 136 Å². The number of aryl methyl sites for hydroxylation is 2. The van der Waals surface area contributed by atoms with E-state index >= 15 is 0 Å². The number of benzene rings is 1. The molecule has 3 rings (SSSR count). The second-order valence-electron chi connectivity index (χ2n) is 6.04. The molecule has 5 heteroatoms. The van der Waals surface area contributed by atoms with Gasteiger partial charge in [0.25, 0.3) is 0 Å². The SMILES string of the molecule is CC(=O)N1CCN(c2nc3c(C)c(C)ccc3cc2C#N)CC1. The summed E-state index contributed by atoms with van der Waals surface area (Å²) in [6, 6.07) is 8.26. The topological polar surface area (TPSA) is 60.2 Å². The van der Waals surface area contributed by atoms with Crippen LogP contribution >= 0.6 is 0 Å². The fourth-order valence-corrected chi connectivity index (χ4v) is 3.03. The van der Waals surface area contributed by atoms with Crippen LogP contribution in [0.5, 0.6) is 0 Å². The molecule has 1 aromatic carbocycles. The highest BCUT2D eigenvalue weighted by Crippen LogP contribution is 2.27. The highest BCUT2D eigenvalue weighted by molar-refractivity contribution is 5.86. The largest absolute Gasteiger partial charge is 0.352 e. The van der Waals surface area contributed by atoms with E-state index in [1.807, 2.05) is 17.0 Å². The summed E-state index contributed by atoms with van der Waals surface area (Å²) in [4.78, 5) is 20.2. The van der Waals surface area contributed by atoms with Gasteiger partial charge in [0.2, 0.25) is 5.91 Å². The highest BCUT2D eigenvalue weighted by Gasteiger charge is 2.22. The van der Waals surface area contributed by atoms with E-state index in [2.05, 4.69) is 30.9 Å². The first kappa shape index (κ1) is 15.3. The number of anilines is 1. The van der Waals surface area contributed by atoms with Gasteiger partial charge in [0.1, 0.15) is 11.9 Å². The van der Waals surface area contributed by atoms with Gasteiger partial charge < -0.3 is 9.80 Å². The molecule has 0 radical (unpaired) electrons. The zero-order valence-corrected chi connectivity index (χ0v) is 13.8. The summed E-state index contributed by atoms with van der Waals surface area (Å²) in [6.45, 7) is 8.49. The Kier molecular flexibility index (Phi) is 3.91. The number of nitriles is 1. The summed E-state index contributed by atoms with van der Waals surface area (Å²) in [5, 5.41) is 10.5. The van der Waals surface area contributed by atoms with Crippen molar-refractivity contribution in [2.24, 2.45) is 0 Å². The summed E-state index contributed by atoms with van der Waals surface area (Å²) in [5.41, 5.74) is 3.89. The van der Waals surface area contributed by atoms with Gasteiger partial charge >= 0.3 is 0 Å². The molecule has 1 aliphatic rings. The molecular weight excluding hydrogens is 288 g/mol. The first-order chi connectivity index (χ1) is 11.0. The monoisotopic (exact) mass is 308 g/mol. The molecule has 118 valence electrons. The molecule has 0 N–H and O–H groups in total. The van der Waals surface area contributed by atoms with Gasteiger partial charge in [-0.05, 0) is 31.0 Å². The lowest BCUT2D eigenvalue weighted by Gasteiger charge is -2.35. The molecule has 1 aliphatic heterocycles. The van der Waals surface area contributed by atoms with Crippen molar-refractivity contribution in [3.63, 3.8) is 0 Å². The summed E-state index contributed by atoms with van der Waals surface area (Å²) < 4.78 is 0. The molecule has 0 unspecified atom stereocenters. The van der Waals surface area contributed by atoms with E-state index in [9.17, 15) is 10.1 Å². The lowest BCUT2D eigenvalue weighted by molar-refractivity contribution is -0.129. The zero-order chi connectivity index (χ0) is 16.6. The molecule has 0 aliphatic carbocycles. The Morgan fingerprint density at radius 3 is 2.52 bits per heavy atom. The molecule has 0 saturated carbocycles. The maximum absolute atomic E-state index is 11.5. The lowest BCUT2D eigenvalue weighted by atomic mass is 10.0. The average Bonchev–Trinajstić information content (AvgIpc) is 2.57. The first-order valence-electron chi connectivity index (χ1n) is 7.83. The number of carbonyl (C=O) groups is 1. The fourth-order valence-electron chi connectivity index (χ4n) is 3.03. The van der Waals surface area contributed by atoms with Crippen LogP contribution in [-0.2, 0) is 4.79 Å². The second-order valence-corrected chi connectivity index (χ2v) is 6.04. The molecule has 0 bridgehead atoms. The minimum atomic E-state index is 0.100. The predicted octanol–water partition coefficient (Wildman–Crippen LogP) is 2.39. The van der Waals surface area contributed by atoms with Crippen molar-refractivity contribution < 1.29 is 4.79 Å². The number of hydrogen-bond donors (Lipinski definition) is 0. The van der Waals surface area contributed by atoms with Crippen molar-refractivity contribution in [1.82, 2.24) is 9.88 Å². The normalized spacial score (nSPS) is 14.9. The molecule has 1 fully saturated rings. The Morgan fingerprint density at radius 2 is 1.91 bits per heavy atom. The number of carbonyl (C=O) groups excluding carboxylic acids is 1. The van der Waals surface area contributed by atoms with Crippen LogP contribution in [0.4, 0.5) is 5.82 Å². The fraction of sp³-hybridized carbons (Fsp3) is 0.389. The van der Waals surface area contributed by atoms with Crippen LogP contribution in [0.2, 0.25) is 0 Å². The number of aromatic nitrogens is 1. The smallest absolute Gasteiger partial charge is 0.219 e. The molecular formula is C18H20N4O.